The number of para-hydroxylation sites is 1. The Balaban J connectivity index is 2.09. The van der Waals surface area contributed by atoms with E-state index in [1.807, 2.05) is 0 Å². The molecule has 0 aromatic heterocycles. The SMILES string of the molecule is CCN(CC(=O)Nc1c(Cl)cccc1Cl)C(=O)c1cccc(F)c1. The summed E-state index contributed by atoms with van der Waals surface area (Å²) in [5.74, 6) is -1.39. The fourth-order valence-electron chi connectivity index (χ4n) is 2.10. The second-order valence-corrected chi connectivity index (χ2v) is 5.79. The van der Waals surface area contributed by atoms with Gasteiger partial charge in [0.1, 0.15) is 12.4 Å². The third-order valence-electron chi connectivity index (χ3n) is 3.30. The van der Waals surface area contributed by atoms with Gasteiger partial charge in [0.15, 0.2) is 0 Å². The van der Waals surface area contributed by atoms with Crippen LogP contribution >= 0.6 is 23.2 Å². The highest BCUT2D eigenvalue weighted by Gasteiger charge is 2.19. The van der Waals surface area contributed by atoms with Gasteiger partial charge in [-0.25, -0.2) is 4.39 Å². The molecule has 2 amide bonds. The van der Waals surface area contributed by atoms with Crippen molar-refractivity contribution in [3.8, 4) is 0 Å². The van der Waals surface area contributed by atoms with E-state index in [0.717, 1.165) is 6.07 Å². The lowest BCUT2D eigenvalue weighted by Gasteiger charge is -2.21. The largest absolute Gasteiger partial charge is 0.330 e. The number of nitrogens with one attached hydrogen (secondary N) is 1. The number of nitrogens with zero attached hydrogens (tertiary/aromatic N) is 1. The van der Waals surface area contributed by atoms with Crippen molar-refractivity contribution in [2.75, 3.05) is 18.4 Å². The maximum atomic E-state index is 13.3. The maximum Gasteiger partial charge on any atom is 0.254 e. The Bertz CT molecular complexity index is 748. The molecular formula is C17H15Cl2FN2O2. The second kappa shape index (κ2) is 8.13. The van der Waals surface area contributed by atoms with Crippen molar-refractivity contribution >= 4 is 40.7 Å². The number of rotatable bonds is 5. The van der Waals surface area contributed by atoms with Crippen molar-refractivity contribution in [2.45, 2.75) is 6.92 Å². The number of carbonyl (C=O) groups excluding carboxylic acids is 2. The van der Waals surface area contributed by atoms with Gasteiger partial charge in [-0.1, -0.05) is 35.3 Å². The highest BCUT2D eigenvalue weighted by Crippen LogP contribution is 2.29. The minimum Gasteiger partial charge on any atom is -0.330 e. The predicted octanol–water partition coefficient (Wildman–Crippen LogP) is 4.23. The Morgan fingerprint density at radius 2 is 1.75 bits per heavy atom. The Labute approximate surface area is 149 Å². The van der Waals surface area contributed by atoms with E-state index in [1.54, 1.807) is 25.1 Å². The molecule has 0 bridgehead atoms. The van der Waals surface area contributed by atoms with E-state index < -0.39 is 17.6 Å². The number of amides is 2. The molecule has 0 spiro atoms. The van der Waals surface area contributed by atoms with E-state index >= 15 is 0 Å². The topological polar surface area (TPSA) is 49.4 Å². The van der Waals surface area contributed by atoms with Crippen LogP contribution in [0.2, 0.25) is 10.0 Å². The molecule has 1 N–H and O–H groups in total. The zero-order chi connectivity index (χ0) is 17.7. The van der Waals surface area contributed by atoms with E-state index in [1.165, 1.54) is 23.1 Å². The lowest BCUT2D eigenvalue weighted by molar-refractivity contribution is -0.116. The summed E-state index contributed by atoms with van der Waals surface area (Å²) >= 11 is 12.0. The molecule has 0 heterocycles. The van der Waals surface area contributed by atoms with Crippen LogP contribution < -0.4 is 5.32 Å². The quantitative estimate of drug-likeness (QED) is 0.858. The Morgan fingerprint density at radius 1 is 1.12 bits per heavy atom. The molecule has 0 atom stereocenters. The van der Waals surface area contributed by atoms with Crippen LogP contribution in [0.1, 0.15) is 17.3 Å². The number of carbonyl (C=O) groups is 2. The van der Waals surface area contributed by atoms with Crippen LogP contribution in [0.3, 0.4) is 0 Å². The normalized spacial score (nSPS) is 10.3. The fraction of sp³-hybridized carbons (Fsp3) is 0.176. The van der Waals surface area contributed by atoms with Gasteiger partial charge in [-0.2, -0.15) is 0 Å². The number of benzene rings is 2. The molecule has 2 aromatic carbocycles. The fourth-order valence-corrected chi connectivity index (χ4v) is 2.59. The molecule has 24 heavy (non-hydrogen) atoms. The van der Waals surface area contributed by atoms with Crippen molar-refractivity contribution in [1.82, 2.24) is 4.90 Å². The molecule has 0 saturated carbocycles. The first-order valence-corrected chi connectivity index (χ1v) is 7.96. The van der Waals surface area contributed by atoms with Gasteiger partial charge in [-0.05, 0) is 37.3 Å². The van der Waals surface area contributed by atoms with Gasteiger partial charge in [0.25, 0.3) is 5.91 Å². The van der Waals surface area contributed by atoms with E-state index in [0.29, 0.717) is 22.3 Å². The number of anilines is 1. The first kappa shape index (κ1) is 18.2. The van der Waals surface area contributed by atoms with Crippen LogP contribution in [0.5, 0.6) is 0 Å². The minimum atomic E-state index is -0.510. The highest BCUT2D eigenvalue weighted by atomic mass is 35.5. The van der Waals surface area contributed by atoms with E-state index in [2.05, 4.69) is 5.32 Å². The molecule has 4 nitrogen and oxygen atoms in total. The van der Waals surface area contributed by atoms with Gasteiger partial charge in [0.05, 0.1) is 15.7 Å². The average Bonchev–Trinajstić information content (AvgIpc) is 2.55. The van der Waals surface area contributed by atoms with Gasteiger partial charge < -0.3 is 10.2 Å². The van der Waals surface area contributed by atoms with Gasteiger partial charge in [0, 0.05) is 12.1 Å². The van der Waals surface area contributed by atoms with Crippen LogP contribution in [0.15, 0.2) is 42.5 Å². The third-order valence-corrected chi connectivity index (χ3v) is 3.93. The van der Waals surface area contributed by atoms with Gasteiger partial charge in [-0.15, -0.1) is 0 Å². The summed E-state index contributed by atoms with van der Waals surface area (Å²) in [4.78, 5) is 25.9. The molecule has 7 heteroatoms. The first-order valence-electron chi connectivity index (χ1n) is 7.21. The van der Waals surface area contributed by atoms with Crippen LogP contribution in [-0.4, -0.2) is 29.8 Å². The van der Waals surface area contributed by atoms with Crippen molar-refractivity contribution in [3.05, 3.63) is 63.9 Å². The molecule has 0 aliphatic heterocycles. The van der Waals surface area contributed by atoms with Crippen LogP contribution in [0, 0.1) is 5.82 Å². The lowest BCUT2D eigenvalue weighted by atomic mass is 10.2. The molecule has 0 saturated heterocycles. The molecule has 0 unspecified atom stereocenters. The van der Waals surface area contributed by atoms with Gasteiger partial charge in [0.2, 0.25) is 5.91 Å². The van der Waals surface area contributed by atoms with Crippen LogP contribution in [0.25, 0.3) is 0 Å². The Morgan fingerprint density at radius 3 is 2.33 bits per heavy atom. The van der Waals surface area contributed by atoms with Crippen molar-refractivity contribution < 1.29 is 14.0 Å². The molecular weight excluding hydrogens is 354 g/mol. The average molecular weight is 369 g/mol. The van der Waals surface area contributed by atoms with Crippen molar-refractivity contribution in [1.29, 1.82) is 0 Å². The van der Waals surface area contributed by atoms with Gasteiger partial charge in [-0.3, -0.25) is 9.59 Å². The standard InChI is InChI=1S/C17H15Cl2FN2O2/c1-2-22(17(24)11-5-3-6-12(20)9-11)10-15(23)21-16-13(18)7-4-8-14(16)19/h3-9H,2,10H2,1H3,(H,21,23). The van der Waals surface area contributed by atoms with Crippen LogP contribution in [0.4, 0.5) is 10.1 Å². The molecule has 126 valence electrons. The number of likely N-dealkylation sites (N-methyl/N-ethyl adjacent to an activating group) is 1. The predicted molar refractivity (Wildman–Crippen MR) is 93.1 cm³/mol. The summed E-state index contributed by atoms with van der Waals surface area (Å²) in [6, 6.07) is 10.2. The minimum absolute atomic E-state index is 0.181. The highest BCUT2D eigenvalue weighted by molar-refractivity contribution is 6.39. The Kier molecular flexibility index (Phi) is 6.17. The van der Waals surface area contributed by atoms with E-state index in [-0.39, 0.29) is 12.1 Å². The summed E-state index contributed by atoms with van der Waals surface area (Å²) < 4.78 is 13.3. The molecule has 0 aliphatic rings. The Hall–Kier alpha value is -2.11. The zero-order valence-electron chi connectivity index (χ0n) is 12.9. The summed E-state index contributed by atoms with van der Waals surface area (Å²) in [6.45, 7) is 1.82. The molecule has 0 radical (unpaired) electrons. The smallest absolute Gasteiger partial charge is 0.254 e. The van der Waals surface area contributed by atoms with Gasteiger partial charge >= 0.3 is 0 Å². The number of hydrogen-bond acceptors (Lipinski definition) is 2. The number of hydrogen-bond donors (Lipinski definition) is 1. The van der Waals surface area contributed by atoms with E-state index in [4.69, 9.17) is 23.2 Å². The monoisotopic (exact) mass is 368 g/mol. The maximum absolute atomic E-state index is 13.3. The lowest BCUT2D eigenvalue weighted by Crippen LogP contribution is -2.38. The summed E-state index contributed by atoms with van der Waals surface area (Å²) in [6.07, 6.45) is 0. The van der Waals surface area contributed by atoms with Crippen LogP contribution in [-0.2, 0) is 4.79 Å². The van der Waals surface area contributed by atoms with Crippen molar-refractivity contribution in [3.63, 3.8) is 0 Å². The second-order valence-electron chi connectivity index (χ2n) is 4.97. The van der Waals surface area contributed by atoms with E-state index in [9.17, 15) is 14.0 Å². The molecule has 0 fully saturated rings. The summed E-state index contributed by atoms with van der Waals surface area (Å²) in [7, 11) is 0. The zero-order valence-corrected chi connectivity index (χ0v) is 14.4. The first-order chi connectivity index (χ1) is 11.4. The van der Waals surface area contributed by atoms with Crippen molar-refractivity contribution in [2.24, 2.45) is 0 Å². The summed E-state index contributed by atoms with van der Waals surface area (Å²) in [5, 5.41) is 3.19. The number of halogens is 3. The third kappa shape index (κ3) is 4.46. The summed E-state index contributed by atoms with van der Waals surface area (Å²) in [5.41, 5.74) is 0.473. The molecule has 2 rings (SSSR count). The molecule has 0 aliphatic carbocycles. The molecule has 2 aromatic rings.